The molecule has 1 N–H and O–H groups in total. The van der Waals surface area contributed by atoms with E-state index in [1.807, 2.05) is 24.8 Å². The fourth-order valence-electron chi connectivity index (χ4n) is 2.93. The van der Waals surface area contributed by atoms with E-state index in [1.54, 1.807) is 10.9 Å². The van der Waals surface area contributed by atoms with Gasteiger partial charge in [-0.15, -0.1) is 0 Å². The monoisotopic (exact) mass is 273 g/mol. The minimum atomic E-state index is 0.0253. The highest BCUT2D eigenvalue weighted by Gasteiger charge is 2.34. The third kappa shape index (κ3) is 1.83. The van der Waals surface area contributed by atoms with Crippen molar-refractivity contribution in [3.8, 4) is 0 Å². The van der Waals surface area contributed by atoms with Crippen molar-refractivity contribution in [2.75, 3.05) is 5.32 Å². The molecule has 20 heavy (non-hydrogen) atoms. The van der Waals surface area contributed by atoms with Crippen LogP contribution in [0.3, 0.4) is 0 Å². The number of carbonyl (C=O) groups is 1. The van der Waals surface area contributed by atoms with Gasteiger partial charge in [-0.25, -0.2) is 0 Å². The Morgan fingerprint density at radius 2 is 2.10 bits per heavy atom. The summed E-state index contributed by atoms with van der Waals surface area (Å²) in [5, 5.41) is 11.8. The maximum atomic E-state index is 12.0. The molecule has 0 aromatic carbocycles. The first-order valence-corrected chi connectivity index (χ1v) is 6.83. The van der Waals surface area contributed by atoms with Crippen molar-refractivity contribution in [1.29, 1.82) is 0 Å². The molecule has 6 heteroatoms. The summed E-state index contributed by atoms with van der Waals surface area (Å²) in [6.07, 6.45) is 2.21. The quantitative estimate of drug-likeness (QED) is 0.906. The van der Waals surface area contributed by atoms with Gasteiger partial charge in [0.05, 0.1) is 5.69 Å². The molecule has 3 rings (SSSR count). The van der Waals surface area contributed by atoms with Gasteiger partial charge in [-0.3, -0.25) is 14.2 Å². The third-order valence-electron chi connectivity index (χ3n) is 3.87. The second kappa shape index (κ2) is 4.47. The first kappa shape index (κ1) is 12.9. The SMILES string of the molecule is CC(C)c1nn(C)c2c1C(c1ccnn1C)CC(=O)N2. The van der Waals surface area contributed by atoms with Gasteiger partial charge in [-0.1, -0.05) is 13.8 Å². The van der Waals surface area contributed by atoms with E-state index in [1.165, 1.54) is 0 Å². The highest BCUT2D eigenvalue weighted by molar-refractivity contribution is 5.94. The Morgan fingerprint density at radius 3 is 2.70 bits per heavy atom. The van der Waals surface area contributed by atoms with Crippen LogP contribution in [0.5, 0.6) is 0 Å². The van der Waals surface area contributed by atoms with E-state index in [-0.39, 0.29) is 11.8 Å². The van der Waals surface area contributed by atoms with Gasteiger partial charge < -0.3 is 5.32 Å². The van der Waals surface area contributed by atoms with Crippen molar-refractivity contribution in [2.45, 2.75) is 32.1 Å². The molecule has 0 saturated carbocycles. The van der Waals surface area contributed by atoms with Crippen LogP contribution in [-0.4, -0.2) is 25.5 Å². The van der Waals surface area contributed by atoms with Crippen LogP contribution in [-0.2, 0) is 18.9 Å². The summed E-state index contributed by atoms with van der Waals surface area (Å²) in [7, 11) is 3.78. The number of fused-ring (bicyclic) bond motifs is 1. The number of nitrogens with one attached hydrogen (secondary N) is 1. The molecule has 106 valence electrons. The number of aromatic nitrogens is 4. The number of nitrogens with zero attached hydrogens (tertiary/aromatic N) is 4. The molecule has 1 amide bonds. The molecule has 0 bridgehead atoms. The second-order valence-electron chi connectivity index (χ2n) is 5.61. The predicted octanol–water partition coefficient (Wildman–Crippen LogP) is 1.75. The van der Waals surface area contributed by atoms with Gasteiger partial charge >= 0.3 is 0 Å². The van der Waals surface area contributed by atoms with Crippen LogP contribution < -0.4 is 5.32 Å². The molecule has 1 aliphatic rings. The van der Waals surface area contributed by atoms with Crippen LogP contribution in [0.2, 0.25) is 0 Å². The summed E-state index contributed by atoms with van der Waals surface area (Å²) in [4.78, 5) is 12.0. The molecule has 1 aliphatic heterocycles. The van der Waals surface area contributed by atoms with Crippen molar-refractivity contribution in [3.63, 3.8) is 0 Å². The fraction of sp³-hybridized carbons (Fsp3) is 0.500. The molecule has 0 aliphatic carbocycles. The zero-order chi connectivity index (χ0) is 14.4. The number of rotatable bonds is 2. The Balaban J connectivity index is 2.20. The normalized spacial score (nSPS) is 18.2. The van der Waals surface area contributed by atoms with Crippen molar-refractivity contribution in [3.05, 3.63) is 29.2 Å². The van der Waals surface area contributed by atoms with Crippen LogP contribution in [0, 0.1) is 0 Å². The van der Waals surface area contributed by atoms with E-state index in [0.29, 0.717) is 12.3 Å². The summed E-state index contributed by atoms with van der Waals surface area (Å²) in [6, 6.07) is 1.98. The second-order valence-corrected chi connectivity index (χ2v) is 5.61. The molecule has 0 spiro atoms. The number of hydrogen-bond acceptors (Lipinski definition) is 3. The number of carbonyl (C=O) groups excluding carboxylic acids is 1. The van der Waals surface area contributed by atoms with Gasteiger partial charge in [-0.2, -0.15) is 10.2 Å². The highest BCUT2D eigenvalue weighted by Crippen LogP contribution is 2.40. The number of hydrogen-bond donors (Lipinski definition) is 1. The topological polar surface area (TPSA) is 64.7 Å². The lowest BCUT2D eigenvalue weighted by Crippen LogP contribution is -2.26. The van der Waals surface area contributed by atoms with Crippen molar-refractivity contribution in [1.82, 2.24) is 19.6 Å². The van der Waals surface area contributed by atoms with E-state index >= 15 is 0 Å². The minimum absolute atomic E-state index is 0.0253. The van der Waals surface area contributed by atoms with Gasteiger partial charge in [0.1, 0.15) is 5.82 Å². The Morgan fingerprint density at radius 1 is 1.35 bits per heavy atom. The molecular formula is C14H19N5O. The maximum absolute atomic E-state index is 12.0. The summed E-state index contributed by atoms with van der Waals surface area (Å²) in [6.45, 7) is 4.25. The standard InChI is InChI=1S/C14H19N5O/c1-8(2)13-12-9(10-5-6-15-18(10)3)7-11(20)16-14(12)19(4)17-13/h5-6,8-9H,7H2,1-4H3,(H,16,20). The Labute approximate surface area is 117 Å². The predicted molar refractivity (Wildman–Crippen MR) is 75.6 cm³/mol. The van der Waals surface area contributed by atoms with E-state index in [4.69, 9.17) is 0 Å². The van der Waals surface area contributed by atoms with Crippen molar-refractivity contribution in [2.24, 2.45) is 14.1 Å². The first-order chi connectivity index (χ1) is 9.49. The Hall–Kier alpha value is -2.11. The lowest BCUT2D eigenvalue weighted by molar-refractivity contribution is -0.116. The average Bonchev–Trinajstić information content (AvgIpc) is 2.93. The van der Waals surface area contributed by atoms with Gasteiger partial charge in [0.25, 0.3) is 0 Å². The lowest BCUT2D eigenvalue weighted by Gasteiger charge is -2.24. The summed E-state index contributed by atoms with van der Waals surface area (Å²) in [5.41, 5.74) is 3.23. The summed E-state index contributed by atoms with van der Waals surface area (Å²) < 4.78 is 3.61. The van der Waals surface area contributed by atoms with Gasteiger partial charge in [0, 0.05) is 43.9 Å². The first-order valence-electron chi connectivity index (χ1n) is 6.83. The number of aryl methyl sites for hydroxylation is 2. The van der Waals surface area contributed by atoms with Gasteiger partial charge in [0.15, 0.2) is 0 Å². The summed E-state index contributed by atoms with van der Waals surface area (Å²) in [5.74, 6) is 1.19. The van der Waals surface area contributed by atoms with E-state index in [9.17, 15) is 4.79 Å². The third-order valence-corrected chi connectivity index (χ3v) is 3.87. The smallest absolute Gasteiger partial charge is 0.226 e. The van der Waals surface area contributed by atoms with Gasteiger partial charge in [0.2, 0.25) is 5.91 Å². The van der Waals surface area contributed by atoms with E-state index in [2.05, 4.69) is 29.4 Å². The summed E-state index contributed by atoms with van der Waals surface area (Å²) >= 11 is 0. The number of amides is 1. The average molecular weight is 273 g/mol. The van der Waals surface area contributed by atoms with Crippen LogP contribution in [0.15, 0.2) is 12.3 Å². The molecular weight excluding hydrogens is 254 g/mol. The highest BCUT2D eigenvalue weighted by atomic mass is 16.1. The van der Waals surface area contributed by atoms with E-state index < -0.39 is 0 Å². The molecule has 1 atom stereocenters. The van der Waals surface area contributed by atoms with Crippen LogP contribution in [0.25, 0.3) is 0 Å². The van der Waals surface area contributed by atoms with E-state index in [0.717, 1.165) is 22.8 Å². The fourth-order valence-corrected chi connectivity index (χ4v) is 2.93. The van der Waals surface area contributed by atoms with Gasteiger partial charge in [-0.05, 0) is 12.0 Å². The van der Waals surface area contributed by atoms with Crippen LogP contribution in [0.4, 0.5) is 5.82 Å². The molecule has 1 unspecified atom stereocenters. The van der Waals surface area contributed by atoms with Crippen LogP contribution >= 0.6 is 0 Å². The molecule has 3 heterocycles. The Kier molecular flexibility index (Phi) is 2.88. The molecule has 0 saturated heterocycles. The lowest BCUT2D eigenvalue weighted by atomic mass is 9.86. The number of anilines is 1. The minimum Gasteiger partial charge on any atom is -0.311 e. The molecule has 0 radical (unpaired) electrons. The molecule has 0 fully saturated rings. The Bertz CT molecular complexity index is 667. The maximum Gasteiger partial charge on any atom is 0.226 e. The zero-order valence-corrected chi connectivity index (χ0v) is 12.2. The zero-order valence-electron chi connectivity index (χ0n) is 12.2. The van der Waals surface area contributed by atoms with Crippen molar-refractivity contribution >= 4 is 11.7 Å². The molecule has 6 nitrogen and oxygen atoms in total. The largest absolute Gasteiger partial charge is 0.311 e. The molecule has 2 aromatic heterocycles. The molecule has 2 aromatic rings. The van der Waals surface area contributed by atoms with Crippen molar-refractivity contribution < 1.29 is 4.79 Å². The van der Waals surface area contributed by atoms with Crippen LogP contribution in [0.1, 0.15) is 49.1 Å².